The normalized spacial score (nSPS) is 29.4. The molecule has 3 N–H and O–H groups in total. The van der Waals surface area contributed by atoms with Crippen LogP contribution in [0, 0.1) is 39.9 Å². The maximum atomic E-state index is 13.6. The Morgan fingerprint density at radius 2 is 1.94 bits per heavy atom. The van der Waals surface area contributed by atoms with Crippen molar-refractivity contribution in [3.05, 3.63) is 0 Å². The van der Waals surface area contributed by atoms with Gasteiger partial charge >= 0.3 is 0 Å². The lowest BCUT2D eigenvalue weighted by molar-refractivity contribution is -0.145. The SMILES string of the molecule is CCC(=O)N[C@H](C(=O)N1C[C@H]2[C@@H]([C@H]1C(=O)N[C@H](C#N)C[C@@H]1CCNC1=O)C2(C)C)C(C)(C)C. The molecular weight excluding hydrogens is 422 g/mol. The second kappa shape index (κ2) is 8.96. The molecule has 0 radical (unpaired) electrons. The first-order chi connectivity index (χ1) is 15.3. The maximum Gasteiger partial charge on any atom is 0.246 e. The van der Waals surface area contributed by atoms with E-state index in [0.717, 1.165) is 0 Å². The van der Waals surface area contributed by atoms with Gasteiger partial charge in [-0.15, -0.1) is 0 Å². The van der Waals surface area contributed by atoms with Gasteiger partial charge < -0.3 is 20.9 Å². The standard InChI is InChI=1S/C24H37N5O4/c1-7-16(30)28-19(23(2,3)4)22(33)29-12-15-17(24(15,5)6)18(29)21(32)27-14(11-25)10-13-8-9-26-20(13)31/h13-15,17-19H,7-10,12H2,1-6H3,(H,26,31)(H,27,32)(H,28,30)/t13-,14-,15-,17-,18-,19+/m0/s1. The minimum Gasteiger partial charge on any atom is -0.356 e. The number of rotatable bonds is 7. The lowest BCUT2D eigenvalue weighted by Crippen LogP contribution is -2.59. The Balaban J connectivity index is 1.79. The van der Waals surface area contributed by atoms with Crippen LogP contribution in [0.3, 0.4) is 0 Å². The van der Waals surface area contributed by atoms with Gasteiger partial charge in [-0.25, -0.2) is 0 Å². The third kappa shape index (κ3) is 4.85. The fourth-order valence-electron chi connectivity index (χ4n) is 5.45. The van der Waals surface area contributed by atoms with E-state index in [0.29, 0.717) is 19.5 Å². The van der Waals surface area contributed by atoms with Crippen LogP contribution in [0.15, 0.2) is 0 Å². The number of hydrogen-bond acceptors (Lipinski definition) is 5. The number of amides is 4. The molecule has 9 heteroatoms. The first-order valence-corrected chi connectivity index (χ1v) is 11.9. The molecule has 9 nitrogen and oxygen atoms in total. The maximum absolute atomic E-state index is 13.6. The summed E-state index contributed by atoms with van der Waals surface area (Å²) in [6, 6.07) is -0.153. The van der Waals surface area contributed by atoms with Crippen LogP contribution in [0.1, 0.15) is 60.8 Å². The Labute approximate surface area is 196 Å². The molecule has 0 spiro atoms. The first-order valence-electron chi connectivity index (χ1n) is 11.9. The van der Waals surface area contributed by atoms with E-state index in [4.69, 9.17) is 0 Å². The topological polar surface area (TPSA) is 131 Å². The molecule has 0 aromatic rings. The zero-order valence-electron chi connectivity index (χ0n) is 20.5. The van der Waals surface area contributed by atoms with E-state index in [1.54, 1.807) is 11.8 Å². The van der Waals surface area contributed by atoms with Crippen molar-refractivity contribution in [1.82, 2.24) is 20.9 Å². The molecule has 0 bridgehead atoms. The Bertz CT molecular complexity index is 871. The highest BCUT2D eigenvalue weighted by molar-refractivity contribution is 5.94. The molecule has 2 heterocycles. The smallest absolute Gasteiger partial charge is 0.246 e. The predicted octanol–water partition coefficient (Wildman–Crippen LogP) is 0.945. The highest BCUT2D eigenvalue weighted by Crippen LogP contribution is 2.65. The number of piperidine rings is 1. The van der Waals surface area contributed by atoms with Crippen LogP contribution in [0.25, 0.3) is 0 Å². The van der Waals surface area contributed by atoms with Crippen LogP contribution >= 0.6 is 0 Å². The van der Waals surface area contributed by atoms with Crippen molar-refractivity contribution in [3.8, 4) is 6.07 Å². The van der Waals surface area contributed by atoms with Gasteiger partial charge in [0.05, 0.1) is 6.07 Å². The summed E-state index contributed by atoms with van der Waals surface area (Å²) in [6.45, 7) is 12.6. The summed E-state index contributed by atoms with van der Waals surface area (Å²) in [7, 11) is 0. The van der Waals surface area contributed by atoms with Gasteiger partial charge in [0.25, 0.3) is 0 Å². The average Bonchev–Trinajstić information content (AvgIpc) is 3.11. The molecule has 3 fully saturated rings. The number of likely N-dealkylation sites (tertiary alicyclic amines) is 1. The van der Waals surface area contributed by atoms with E-state index < -0.39 is 23.5 Å². The molecule has 6 atom stereocenters. The Morgan fingerprint density at radius 1 is 1.27 bits per heavy atom. The summed E-state index contributed by atoms with van der Waals surface area (Å²) in [5, 5.41) is 18.0. The van der Waals surface area contributed by atoms with Gasteiger partial charge in [0.2, 0.25) is 23.6 Å². The summed E-state index contributed by atoms with van der Waals surface area (Å²) in [4.78, 5) is 52.7. The van der Waals surface area contributed by atoms with Crippen LogP contribution in [-0.4, -0.2) is 59.7 Å². The fourth-order valence-corrected chi connectivity index (χ4v) is 5.45. The van der Waals surface area contributed by atoms with Gasteiger partial charge in [-0.1, -0.05) is 41.5 Å². The highest BCUT2D eigenvalue weighted by atomic mass is 16.2. The molecule has 3 aliphatic rings. The molecule has 2 aliphatic heterocycles. The minimum absolute atomic E-state index is 0.00179. The van der Waals surface area contributed by atoms with Gasteiger partial charge in [-0.05, 0) is 35.5 Å². The Hall–Kier alpha value is -2.63. The Kier molecular flexibility index (Phi) is 6.79. The number of nitrogens with zero attached hydrogens (tertiary/aromatic N) is 2. The number of carbonyl (C=O) groups is 4. The number of fused-ring (bicyclic) bond motifs is 1. The molecule has 2 saturated heterocycles. The molecule has 3 rings (SSSR count). The second-order valence-corrected chi connectivity index (χ2v) is 11.3. The van der Waals surface area contributed by atoms with Crippen molar-refractivity contribution in [2.75, 3.05) is 13.1 Å². The van der Waals surface area contributed by atoms with E-state index in [2.05, 4.69) is 35.9 Å². The molecular formula is C24H37N5O4. The summed E-state index contributed by atoms with van der Waals surface area (Å²) in [6.07, 6.45) is 1.16. The van der Waals surface area contributed by atoms with Crippen LogP contribution < -0.4 is 16.0 Å². The number of nitriles is 1. The molecule has 0 unspecified atom stereocenters. The van der Waals surface area contributed by atoms with E-state index in [1.165, 1.54) is 0 Å². The predicted molar refractivity (Wildman–Crippen MR) is 121 cm³/mol. The van der Waals surface area contributed by atoms with Crippen LogP contribution in [0.2, 0.25) is 0 Å². The van der Waals surface area contributed by atoms with E-state index in [1.807, 2.05) is 20.8 Å². The summed E-state index contributed by atoms with van der Waals surface area (Å²) in [5.74, 6) is -1.04. The molecule has 1 aliphatic carbocycles. The van der Waals surface area contributed by atoms with Crippen molar-refractivity contribution in [3.63, 3.8) is 0 Å². The van der Waals surface area contributed by atoms with E-state index in [9.17, 15) is 24.4 Å². The largest absolute Gasteiger partial charge is 0.356 e. The lowest BCUT2D eigenvalue weighted by atomic mass is 9.85. The second-order valence-electron chi connectivity index (χ2n) is 11.3. The summed E-state index contributed by atoms with van der Waals surface area (Å²) in [5.41, 5.74) is -0.605. The third-order valence-corrected chi connectivity index (χ3v) is 7.65. The molecule has 0 aromatic heterocycles. The molecule has 1 saturated carbocycles. The van der Waals surface area contributed by atoms with Gasteiger partial charge in [0.1, 0.15) is 18.1 Å². The average molecular weight is 460 g/mol. The van der Waals surface area contributed by atoms with Crippen LogP contribution in [0.4, 0.5) is 0 Å². The fraction of sp³-hybridized carbons (Fsp3) is 0.792. The van der Waals surface area contributed by atoms with Gasteiger partial charge in [0.15, 0.2) is 0 Å². The number of carbonyl (C=O) groups excluding carboxylic acids is 4. The van der Waals surface area contributed by atoms with Crippen molar-refractivity contribution < 1.29 is 19.2 Å². The molecule has 33 heavy (non-hydrogen) atoms. The zero-order valence-corrected chi connectivity index (χ0v) is 20.5. The van der Waals surface area contributed by atoms with Crippen LogP contribution in [0.5, 0.6) is 0 Å². The van der Waals surface area contributed by atoms with Crippen molar-refractivity contribution in [2.45, 2.75) is 78.9 Å². The lowest BCUT2D eigenvalue weighted by Gasteiger charge is -2.37. The quantitative estimate of drug-likeness (QED) is 0.521. The van der Waals surface area contributed by atoms with E-state index in [-0.39, 0.29) is 59.6 Å². The third-order valence-electron chi connectivity index (χ3n) is 7.65. The van der Waals surface area contributed by atoms with Gasteiger partial charge in [0, 0.05) is 25.4 Å². The summed E-state index contributed by atoms with van der Waals surface area (Å²) >= 11 is 0. The first kappa shape index (κ1) is 25.0. The monoisotopic (exact) mass is 459 g/mol. The minimum atomic E-state index is -0.803. The Morgan fingerprint density at radius 3 is 2.45 bits per heavy atom. The van der Waals surface area contributed by atoms with Crippen molar-refractivity contribution in [1.29, 1.82) is 5.26 Å². The molecule has 182 valence electrons. The van der Waals surface area contributed by atoms with Crippen molar-refractivity contribution in [2.24, 2.45) is 28.6 Å². The highest BCUT2D eigenvalue weighted by Gasteiger charge is 2.69. The van der Waals surface area contributed by atoms with E-state index >= 15 is 0 Å². The molecule has 0 aromatic carbocycles. The van der Waals surface area contributed by atoms with Crippen molar-refractivity contribution >= 4 is 23.6 Å². The number of nitrogens with one attached hydrogen (secondary N) is 3. The zero-order chi connectivity index (χ0) is 24.7. The number of hydrogen-bond donors (Lipinski definition) is 3. The molecule has 4 amide bonds. The van der Waals surface area contributed by atoms with Gasteiger partial charge in [-0.3, -0.25) is 19.2 Å². The van der Waals surface area contributed by atoms with Gasteiger partial charge in [-0.2, -0.15) is 5.26 Å². The summed E-state index contributed by atoms with van der Waals surface area (Å²) < 4.78 is 0. The van der Waals surface area contributed by atoms with Crippen LogP contribution in [-0.2, 0) is 19.2 Å².